The standard InChI is InChI=1S/C18H25F3N4O.2ClH/c19-18(20,21)13-4-5-15(23-12-13)25-10-6-14(7-11-25)24-16(26)17(22)8-2-1-3-9-17;;/h4-5,12,14H,1-3,6-11,22H2,(H,24,26);2*1H. The van der Waals surface area contributed by atoms with Gasteiger partial charge in [-0.1, -0.05) is 19.3 Å². The molecule has 1 aliphatic heterocycles. The molecule has 5 nitrogen and oxygen atoms in total. The zero-order chi connectivity index (χ0) is 18.8. The van der Waals surface area contributed by atoms with E-state index in [1.807, 2.05) is 4.90 Å². The zero-order valence-electron chi connectivity index (χ0n) is 15.5. The molecular formula is C18H27Cl2F3N4O. The van der Waals surface area contributed by atoms with Crippen LogP contribution in [0.15, 0.2) is 18.3 Å². The van der Waals surface area contributed by atoms with Crippen LogP contribution in [0.3, 0.4) is 0 Å². The van der Waals surface area contributed by atoms with Gasteiger partial charge in [-0.25, -0.2) is 4.98 Å². The Kier molecular flexibility index (Phi) is 8.84. The van der Waals surface area contributed by atoms with Gasteiger partial charge < -0.3 is 16.0 Å². The Morgan fingerprint density at radius 3 is 2.25 bits per heavy atom. The molecule has 28 heavy (non-hydrogen) atoms. The topological polar surface area (TPSA) is 71.2 Å². The second-order valence-corrected chi connectivity index (χ2v) is 7.35. The van der Waals surface area contributed by atoms with Crippen LogP contribution in [-0.2, 0) is 11.0 Å². The van der Waals surface area contributed by atoms with Gasteiger partial charge >= 0.3 is 6.18 Å². The third-order valence-corrected chi connectivity index (χ3v) is 5.43. The molecule has 3 N–H and O–H groups in total. The van der Waals surface area contributed by atoms with Gasteiger partial charge in [-0.3, -0.25) is 4.79 Å². The molecule has 1 aromatic heterocycles. The summed E-state index contributed by atoms with van der Waals surface area (Å²) in [5, 5.41) is 3.07. The summed E-state index contributed by atoms with van der Waals surface area (Å²) < 4.78 is 37.8. The highest BCUT2D eigenvalue weighted by Gasteiger charge is 2.37. The SMILES string of the molecule is Cl.Cl.NC1(C(=O)NC2CCN(c3ccc(C(F)(F)F)cn3)CC2)CCCCC1. The molecule has 2 heterocycles. The van der Waals surface area contributed by atoms with Gasteiger partial charge in [-0.15, -0.1) is 24.8 Å². The molecule has 3 rings (SSSR count). The van der Waals surface area contributed by atoms with Gasteiger partial charge in [0, 0.05) is 25.3 Å². The Bertz CT molecular complexity index is 629. The largest absolute Gasteiger partial charge is 0.417 e. The highest BCUT2D eigenvalue weighted by Crippen LogP contribution is 2.30. The van der Waals surface area contributed by atoms with Crippen molar-refractivity contribution in [1.82, 2.24) is 10.3 Å². The summed E-state index contributed by atoms with van der Waals surface area (Å²) in [5.41, 5.74) is 4.77. The first-order valence-electron chi connectivity index (χ1n) is 9.16. The molecule has 0 atom stereocenters. The number of pyridine rings is 1. The number of nitrogens with one attached hydrogen (secondary N) is 1. The quantitative estimate of drug-likeness (QED) is 0.748. The number of nitrogens with two attached hydrogens (primary N) is 1. The number of anilines is 1. The van der Waals surface area contributed by atoms with Crippen molar-refractivity contribution in [3.8, 4) is 0 Å². The maximum atomic E-state index is 12.6. The lowest BCUT2D eigenvalue weighted by molar-refractivity contribution is -0.137. The van der Waals surface area contributed by atoms with Crippen LogP contribution in [0.4, 0.5) is 19.0 Å². The number of amides is 1. The molecule has 1 aromatic rings. The van der Waals surface area contributed by atoms with Crippen LogP contribution in [0.25, 0.3) is 0 Å². The van der Waals surface area contributed by atoms with Gasteiger partial charge in [0.1, 0.15) is 5.82 Å². The molecule has 1 amide bonds. The number of carbonyl (C=O) groups excluding carboxylic acids is 1. The summed E-state index contributed by atoms with van der Waals surface area (Å²) in [5.74, 6) is 0.466. The normalized spacial score (nSPS) is 19.9. The number of nitrogens with zero attached hydrogens (tertiary/aromatic N) is 2. The van der Waals surface area contributed by atoms with E-state index in [9.17, 15) is 18.0 Å². The predicted molar refractivity (Wildman–Crippen MR) is 107 cm³/mol. The Hall–Kier alpha value is -1.25. The number of aromatic nitrogens is 1. The van der Waals surface area contributed by atoms with Crippen LogP contribution >= 0.6 is 24.8 Å². The molecule has 10 heteroatoms. The summed E-state index contributed by atoms with van der Waals surface area (Å²) in [6.07, 6.45) is 2.51. The first kappa shape index (κ1) is 24.8. The van der Waals surface area contributed by atoms with Crippen LogP contribution < -0.4 is 16.0 Å². The summed E-state index contributed by atoms with van der Waals surface area (Å²) >= 11 is 0. The van der Waals surface area contributed by atoms with Crippen LogP contribution in [-0.4, -0.2) is 35.6 Å². The molecule has 0 spiro atoms. The molecule has 1 aliphatic carbocycles. The number of hydrogen-bond donors (Lipinski definition) is 2. The maximum Gasteiger partial charge on any atom is 0.417 e. The van der Waals surface area contributed by atoms with Crippen molar-refractivity contribution in [3.05, 3.63) is 23.9 Å². The van der Waals surface area contributed by atoms with E-state index >= 15 is 0 Å². The van der Waals surface area contributed by atoms with Crippen molar-refractivity contribution < 1.29 is 18.0 Å². The van der Waals surface area contributed by atoms with E-state index in [1.165, 1.54) is 6.07 Å². The number of hydrogen-bond acceptors (Lipinski definition) is 4. The lowest BCUT2D eigenvalue weighted by Gasteiger charge is -2.37. The molecule has 0 radical (unpaired) electrons. The second-order valence-electron chi connectivity index (χ2n) is 7.35. The molecule has 2 aliphatic rings. The fourth-order valence-electron chi connectivity index (χ4n) is 3.73. The van der Waals surface area contributed by atoms with Gasteiger partial charge in [-0.05, 0) is 37.8 Å². The highest BCUT2D eigenvalue weighted by atomic mass is 35.5. The Balaban J connectivity index is 0.00000196. The summed E-state index contributed by atoms with van der Waals surface area (Å²) in [4.78, 5) is 18.4. The Morgan fingerprint density at radius 2 is 1.75 bits per heavy atom. The van der Waals surface area contributed by atoms with Crippen molar-refractivity contribution in [2.45, 2.75) is 62.7 Å². The van der Waals surface area contributed by atoms with Crippen LogP contribution in [0.1, 0.15) is 50.5 Å². The number of halogens is 5. The van der Waals surface area contributed by atoms with Gasteiger partial charge in [-0.2, -0.15) is 13.2 Å². The smallest absolute Gasteiger partial charge is 0.356 e. The number of alkyl halides is 3. The zero-order valence-corrected chi connectivity index (χ0v) is 17.1. The van der Waals surface area contributed by atoms with Gasteiger partial charge in [0.25, 0.3) is 0 Å². The van der Waals surface area contributed by atoms with Crippen molar-refractivity contribution in [2.24, 2.45) is 5.73 Å². The lowest BCUT2D eigenvalue weighted by Crippen LogP contribution is -2.58. The monoisotopic (exact) mass is 442 g/mol. The molecule has 0 unspecified atom stereocenters. The van der Waals surface area contributed by atoms with E-state index in [4.69, 9.17) is 5.73 Å². The Morgan fingerprint density at radius 1 is 1.14 bits per heavy atom. The fraction of sp³-hybridized carbons (Fsp3) is 0.667. The van der Waals surface area contributed by atoms with Crippen LogP contribution in [0.2, 0.25) is 0 Å². The predicted octanol–water partition coefficient (Wildman–Crippen LogP) is 3.69. The van der Waals surface area contributed by atoms with E-state index in [2.05, 4.69) is 10.3 Å². The van der Waals surface area contributed by atoms with E-state index in [1.54, 1.807) is 0 Å². The van der Waals surface area contributed by atoms with Gasteiger partial charge in [0.05, 0.1) is 11.1 Å². The Labute approximate surface area is 175 Å². The average molecular weight is 443 g/mol. The minimum atomic E-state index is -4.37. The van der Waals surface area contributed by atoms with E-state index < -0.39 is 17.3 Å². The first-order valence-corrected chi connectivity index (χ1v) is 9.16. The molecule has 1 saturated heterocycles. The number of rotatable bonds is 3. The van der Waals surface area contributed by atoms with Crippen LogP contribution in [0, 0.1) is 0 Å². The summed E-state index contributed by atoms with van der Waals surface area (Å²) in [6, 6.07) is 2.51. The lowest BCUT2D eigenvalue weighted by atomic mass is 9.81. The van der Waals surface area contributed by atoms with Crippen molar-refractivity contribution in [1.29, 1.82) is 0 Å². The molecule has 2 fully saturated rings. The molecule has 1 saturated carbocycles. The third kappa shape index (κ3) is 5.87. The minimum Gasteiger partial charge on any atom is -0.356 e. The number of piperidine rings is 1. The molecule has 0 bridgehead atoms. The fourth-order valence-corrected chi connectivity index (χ4v) is 3.73. The highest BCUT2D eigenvalue weighted by molar-refractivity contribution is 5.86. The average Bonchev–Trinajstić information content (AvgIpc) is 2.62. The van der Waals surface area contributed by atoms with E-state index in [0.717, 1.165) is 57.2 Å². The van der Waals surface area contributed by atoms with Crippen molar-refractivity contribution in [3.63, 3.8) is 0 Å². The molecular weight excluding hydrogens is 416 g/mol. The molecule has 160 valence electrons. The van der Waals surface area contributed by atoms with Gasteiger partial charge in [0.2, 0.25) is 5.91 Å². The number of carbonyl (C=O) groups is 1. The third-order valence-electron chi connectivity index (χ3n) is 5.43. The maximum absolute atomic E-state index is 12.6. The summed E-state index contributed by atoms with van der Waals surface area (Å²) in [6.45, 7) is 1.28. The van der Waals surface area contributed by atoms with Crippen molar-refractivity contribution in [2.75, 3.05) is 18.0 Å². The first-order chi connectivity index (χ1) is 12.3. The van der Waals surface area contributed by atoms with E-state index in [-0.39, 0.29) is 36.8 Å². The van der Waals surface area contributed by atoms with Gasteiger partial charge in [0.15, 0.2) is 0 Å². The second kappa shape index (κ2) is 9.98. The molecule has 0 aromatic carbocycles. The van der Waals surface area contributed by atoms with Crippen molar-refractivity contribution >= 4 is 36.5 Å². The van der Waals surface area contributed by atoms with Crippen LogP contribution in [0.5, 0.6) is 0 Å². The summed E-state index contributed by atoms with van der Waals surface area (Å²) in [7, 11) is 0. The van der Waals surface area contributed by atoms with E-state index in [0.29, 0.717) is 18.9 Å². The minimum absolute atomic E-state index is 0.